The van der Waals surface area contributed by atoms with Gasteiger partial charge in [0.1, 0.15) is 0 Å². The van der Waals surface area contributed by atoms with Crippen molar-refractivity contribution >= 4 is 11.8 Å². The first-order chi connectivity index (χ1) is 6.53. The molecule has 0 saturated carbocycles. The van der Waals surface area contributed by atoms with Gasteiger partial charge in [0, 0.05) is 24.1 Å². The normalized spacial score (nSPS) is 29.6. The second-order valence-corrected chi connectivity index (χ2v) is 6.14. The third kappa shape index (κ3) is 4.20. The summed E-state index contributed by atoms with van der Waals surface area (Å²) in [5, 5.41) is 10.8. The number of hydrogen-bond donors (Lipinski definition) is 1. The summed E-state index contributed by atoms with van der Waals surface area (Å²) in [6.07, 6.45) is 2.09. The predicted octanol–water partition coefficient (Wildman–Crippen LogP) is 1.97. The largest absolute Gasteiger partial charge is 0.389 e. The van der Waals surface area contributed by atoms with Crippen LogP contribution in [-0.4, -0.2) is 46.2 Å². The van der Waals surface area contributed by atoms with Crippen LogP contribution in [0.3, 0.4) is 0 Å². The molecule has 1 fully saturated rings. The van der Waals surface area contributed by atoms with E-state index in [0.717, 1.165) is 31.3 Å². The van der Waals surface area contributed by atoms with E-state index in [4.69, 9.17) is 0 Å². The van der Waals surface area contributed by atoms with Crippen LogP contribution in [0, 0.1) is 0 Å². The van der Waals surface area contributed by atoms with E-state index >= 15 is 0 Å². The first-order valence-electron chi connectivity index (χ1n) is 5.60. The molecule has 0 spiro atoms. The molecule has 3 heteroatoms. The van der Waals surface area contributed by atoms with Crippen molar-refractivity contribution in [3.63, 3.8) is 0 Å². The zero-order chi connectivity index (χ0) is 10.6. The van der Waals surface area contributed by atoms with Gasteiger partial charge in [0.15, 0.2) is 0 Å². The molecule has 0 radical (unpaired) electrons. The molecule has 0 aliphatic carbocycles. The fraction of sp³-hybridized carbons (Fsp3) is 1.00. The van der Waals surface area contributed by atoms with Crippen molar-refractivity contribution in [2.24, 2.45) is 0 Å². The zero-order valence-electron chi connectivity index (χ0n) is 9.62. The van der Waals surface area contributed by atoms with Crippen molar-refractivity contribution in [2.75, 3.05) is 25.4 Å². The summed E-state index contributed by atoms with van der Waals surface area (Å²) in [5.41, 5.74) is -0.502. The summed E-state index contributed by atoms with van der Waals surface area (Å²) in [5.74, 6) is 1.21. The van der Waals surface area contributed by atoms with Crippen LogP contribution in [0.5, 0.6) is 0 Å². The molecule has 1 N–H and O–H groups in total. The lowest BCUT2D eigenvalue weighted by atomic mass is 10.0. The lowest BCUT2D eigenvalue weighted by Gasteiger charge is -2.29. The first kappa shape index (κ1) is 12.3. The number of nitrogens with zero attached hydrogens (tertiary/aromatic N) is 1. The SMILES string of the molecule is CCC(C)(O)CN1CCSC(C)CC1. The van der Waals surface area contributed by atoms with Crippen LogP contribution in [0.25, 0.3) is 0 Å². The van der Waals surface area contributed by atoms with Gasteiger partial charge >= 0.3 is 0 Å². The minimum atomic E-state index is -0.502. The van der Waals surface area contributed by atoms with E-state index in [1.54, 1.807) is 0 Å². The number of aliphatic hydroxyl groups is 1. The van der Waals surface area contributed by atoms with E-state index < -0.39 is 5.60 Å². The van der Waals surface area contributed by atoms with Gasteiger partial charge in [0.2, 0.25) is 0 Å². The Hall–Kier alpha value is 0.270. The van der Waals surface area contributed by atoms with Crippen LogP contribution in [0.1, 0.15) is 33.6 Å². The number of rotatable bonds is 3. The maximum absolute atomic E-state index is 9.98. The molecule has 0 bridgehead atoms. The predicted molar refractivity (Wildman–Crippen MR) is 63.9 cm³/mol. The maximum Gasteiger partial charge on any atom is 0.0743 e. The fourth-order valence-electron chi connectivity index (χ4n) is 1.69. The van der Waals surface area contributed by atoms with Crippen molar-refractivity contribution in [1.29, 1.82) is 0 Å². The number of hydrogen-bond acceptors (Lipinski definition) is 3. The fourth-order valence-corrected chi connectivity index (χ4v) is 2.73. The van der Waals surface area contributed by atoms with E-state index in [1.165, 1.54) is 12.2 Å². The Morgan fingerprint density at radius 2 is 2.21 bits per heavy atom. The van der Waals surface area contributed by atoms with E-state index in [1.807, 2.05) is 6.92 Å². The van der Waals surface area contributed by atoms with E-state index in [0.29, 0.717) is 0 Å². The van der Waals surface area contributed by atoms with Gasteiger partial charge in [-0.2, -0.15) is 11.8 Å². The summed E-state index contributed by atoms with van der Waals surface area (Å²) in [6.45, 7) is 9.39. The first-order valence-corrected chi connectivity index (χ1v) is 6.65. The minimum Gasteiger partial charge on any atom is -0.389 e. The molecule has 0 aromatic carbocycles. The second-order valence-electron chi connectivity index (χ2n) is 4.60. The van der Waals surface area contributed by atoms with Gasteiger partial charge in [-0.25, -0.2) is 0 Å². The van der Waals surface area contributed by atoms with Gasteiger partial charge in [-0.05, 0) is 26.3 Å². The second kappa shape index (κ2) is 5.38. The summed E-state index contributed by atoms with van der Waals surface area (Å²) in [4.78, 5) is 2.40. The Bertz CT molecular complexity index is 173. The molecule has 0 aromatic rings. The Kier molecular flexibility index (Phi) is 4.74. The highest BCUT2D eigenvalue weighted by Gasteiger charge is 2.23. The summed E-state index contributed by atoms with van der Waals surface area (Å²) < 4.78 is 0. The van der Waals surface area contributed by atoms with Crippen LogP contribution in [0.4, 0.5) is 0 Å². The van der Waals surface area contributed by atoms with Crippen LogP contribution >= 0.6 is 11.8 Å². The molecule has 1 aliphatic rings. The molecular weight excluding hydrogens is 194 g/mol. The quantitative estimate of drug-likeness (QED) is 0.782. The van der Waals surface area contributed by atoms with Gasteiger partial charge in [0.05, 0.1) is 5.60 Å². The average Bonchev–Trinajstić information content (AvgIpc) is 2.31. The monoisotopic (exact) mass is 217 g/mol. The van der Waals surface area contributed by atoms with Crippen LogP contribution in [0.15, 0.2) is 0 Å². The Labute approximate surface area is 92.1 Å². The molecule has 1 rings (SSSR count). The highest BCUT2D eigenvalue weighted by atomic mass is 32.2. The Balaban J connectivity index is 2.37. The average molecular weight is 217 g/mol. The standard InChI is InChI=1S/C11H23NOS/c1-4-11(3,13)9-12-6-5-10(2)14-8-7-12/h10,13H,4-9H2,1-3H3. The molecule has 0 amide bonds. The van der Waals surface area contributed by atoms with E-state index in [9.17, 15) is 5.11 Å². The summed E-state index contributed by atoms with van der Waals surface area (Å²) in [7, 11) is 0. The molecule has 84 valence electrons. The molecule has 1 heterocycles. The highest BCUT2D eigenvalue weighted by Crippen LogP contribution is 2.20. The van der Waals surface area contributed by atoms with Crippen LogP contribution < -0.4 is 0 Å². The molecule has 2 nitrogen and oxygen atoms in total. The van der Waals surface area contributed by atoms with Crippen molar-refractivity contribution in [3.05, 3.63) is 0 Å². The van der Waals surface area contributed by atoms with Gasteiger partial charge in [-0.1, -0.05) is 13.8 Å². The van der Waals surface area contributed by atoms with Gasteiger partial charge < -0.3 is 5.11 Å². The van der Waals surface area contributed by atoms with Crippen LogP contribution in [0.2, 0.25) is 0 Å². The lowest BCUT2D eigenvalue weighted by molar-refractivity contribution is 0.0183. The Morgan fingerprint density at radius 1 is 1.50 bits per heavy atom. The van der Waals surface area contributed by atoms with Gasteiger partial charge in [0.25, 0.3) is 0 Å². The third-order valence-electron chi connectivity index (χ3n) is 2.99. The zero-order valence-corrected chi connectivity index (χ0v) is 10.4. The number of thioether (sulfide) groups is 1. The van der Waals surface area contributed by atoms with Crippen molar-refractivity contribution in [1.82, 2.24) is 4.90 Å². The molecule has 2 unspecified atom stereocenters. The maximum atomic E-state index is 9.98. The van der Waals surface area contributed by atoms with Crippen molar-refractivity contribution in [2.45, 2.75) is 44.5 Å². The highest BCUT2D eigenvalue weighted by molar-refractivity contribution is 7.99. The third-order valence-corrected chi connectivity index (χ3v) is 4.21. The van der Waals surface area contributed by atoms with Gasteiger partial charge in [-0.15, -0.1) is 0 Å². The van der Waals surface area contributed by atoms with Crippen LogP contribution in [-0.2, 0) is 0 Å². The summed E-state index contributed by atoms with van der Waals surface area (Å²) in [6, 6.07) is 0. The van der Waals surface area contributed by atoms with E-state index in [2.05, 4.69) is 30.5 Å². The Morgan fingerprint density at radius 3 is 2.86 bits per heavy atom. The molecule has 0 aromatic heterocycles. The number of β-amino-alcohol motifs (C(OH)–C–C–N with tert-alkyl or cyclic N) is 1. The molecule has 1 aliphatic heterocycles. The topological polar surface area (TPSA) is 23.5 Å². The molecule has 2 atom stereocenters. The van der Waals surface area contributed by atoms with Crippen molar-refractivity contribution in [3.8, 4) is 0 Å². The smallest absolute Gasteiger partial charge is 0.0743 e. The molecule has 14 heavy (non-hydrogen) atoms. The van der Waals surface area contributed by atoms with Crippen molar-refractivity contribution < 1.29 is 5.11 Å². The van der Waals surface area contributed by atoms with Gasteiger partial charge in [-0.3, -0.25) is 4.90 Å². The molecular formula is C11H23NOS. The summed E-state index contributed by atoms with van der Waals surface area (Å²) >= 11 is 2.05. The van der Waals surface area contributed by atoms with E-state index in [-0.39, 0.29) is 0 Å². The molecule has 1 saturated heterocycles. The minimum absolute atomic E-state index is 0.502. The lowest BCUT2D eigenvalue weighted by Crippen LogP contribution is -2.41.